The molecule has 0 N–H and O–H groups in total. The second-order valence-electron chi connectivity index (χ2n) is 6.54. The lowest BCUT2D eigenvalue weighted by Gasteiger charge is -2.12. The maximum atomic E-state index is 11.3. The lowest BCUT2D eigenvalue weighted by molar-refractivity contribution is -0.117. The third-order valence-corrected chi connectivity index (χ3v) is 4.50. The van der Waals surface area contributed by atoms with Crippen molar-refractivity contribution in [3.63, 3.8) is 0 Å². The summed E-state index contributed by atoms with van der Waals surface area (Å²) < 4.78 is 0. The van der Waals surface area contributed by atoms with Crippen molar-refractivity contribution in [2.45, 2.75) is 26.2 Å². The van der Waals surface area contributed by atoms with Crippen LogP contribution >= 0.6 is 0 Å². The van der Waals surface area contributed by atoms with Gasteiger partial charge >= 0.3 is 0 Å². The maximum absolute atomic E-state index is 11.3. The molecule has 3 aromatic rings. The van der Waals surface area contributed by atoms with Crippen molar-refractivity contribution in [2.75, 3.05) is 0 Å². The molecule has 1 heteroatoms. The number of Topliss-reactive ketones (excluding diaryl/α,β-unsaturated/α-hetero) is 1. The van der Waals surface area contributed by atoms with E-state index in [-0.39, 0.29) is 5.78 Å². The zero-order valence-corrected chi connectivity index (χ0v) is 15.2. The summed E-state index contributed by atoms with van der Waals surface area (Å²) in [5, 5.41) is 0. The van der Waals surface area contributed by atoms with Crippen molar-refractivity contribution >= 4 is 17.9 Å². The van der Waals surface area contributed by atoms with E-state index in [2.05, 4.69) is 84.9 Å². The number of ketones is 1. The molecule has 0 spiro atoms. The van der Waals surface area contributed by atoms with Crippen LogP contribution in [0.1, 0.15) is 36.5 Å². The summed E-state index contributed by atoms with van der Waals surface area (Å²) in [4.78, 5) is 11.3. The Kier molecular flexibility index (Phi) is 6.16. The molecule has 0 fully saturated rings. The van der Waals surface area contributed by atoms with Gasteiger partial charge in [-0.15, -0.1) is 0 Å². The van der Waals surface area contributed by atoms with Gasteiger partial charge in [0.1, 0.15) is 5.78 Å². The van der Waals surface area contributed by atoms with E-state index in [1.807, 2.05) is 6.07 Å². The highest BCUT2D eigenvalue weighted by Crippen LogP contribution is 2.29. The molecule has 0 aliphatic heterocycles. The first-order valence-corrected chi connectivity index (χ1v) is 9.14. The van der Waals surface area contributed by atoms with Crippen LogP contribution in [0.2, 0.25) is 0 Å². The molecule has 1 nitrogen and oxygen atoms in total. The van der Waals surface area contributed by atoms with Gasteiger partial charge in [0.15, 0.2) is 0 Å². The predicted octanol–water partition coefficient (Wildman–Crippen LogP) is 6.44. The van der Waals surface area contributed by atoms with E-state index in [4.69, 9.17) is 0 Å². The topological polar surface area (TPSA) is 17.1 Å². The Labute approximate surface area is 156 Å². The molecule has 0 heterocycles. The summed E-state index contributed by atoms with van der Waals surface area (Å²) in [6.07, 6.45) is 6.79. The van der Waals surface area contributed by atoms with Gasteiger partial charge in [-0.2, -0.15) is 0 Å². The van der Waals surface area contributed by atoms with Crippen LogP contribution in [0.3, 0.4) is 0 Å². The Morgan fingerprint density at radius 1 is 0.769 bits per heavy atom. The fourth-order valence-corrected chi connectivity index (χ4v) is 3.17. The van der Waals surface area contributed by atoms with Gasteiger partial charge in [0, 0.05) is 6.42 Å². The third-order valence-electron chi connectivity index (χ3n) is 4.50. The molecule has 3 aromatic carbocycles. The van der Waals surface area contributed by atoms with Crippen LogP contribution in [-0.4, -0.2) is 5.78 Å². The summed E-state index contributed by atoms with van der Waals surface area (Å²) >= 11 is 0. The largest absolute Gasteiger partial charge is 0.300 e. The average molecular weight is 340 g/mol. The first-order chi connectivity index (χ1) is 12.7. The fraction of sp³-hybridized carbons (Fsp3) is 0.160. The van der Waals surface area contributed by atoms with Crippen molar-refractivity contribution < 1.29 is 4.79 Å². The molecule has 0 aromatic heterocycles. The van der Waals surface area contributed by atoms with Crippen LogP contribution < -0.4 is 0 Å². The van der Waals surface area contributed by atoms with Crippen LogP contribution in [-0.2, 0) is 11.2 Å². The molecule has 0 aliphatic carbocycles. The number of aryl methyl sites for hydroxylation is 1. The molecule has 0 bridgehead atoms. The first kappa shape index (κ1) is 17.9. The van der Waals surface area contributed by atoms with E-state index in [9.17, 15) is 4.79 Å². The van der Waals surface area contributed by atoms with E-state index in [0.29, 0.717) is 6.42 Å². The van der Waals surface area contributed by atoms with Crippen LogP contribution in [0, 0.1) is 0 Å². The second kappa shape index (κ2) is 8.96. The van der Waals surface area contributed by atoms with Gasteiger partial charge in [-0.1, -0.05) is 91.0 Å². The minimum Gasteiger partial charge on any atom is -0.300 e. The molecular formula is C25H24O. The Balaban J connectivity index is 1.90. The van der Waals surface area contributed by atoms with Crippen molar-refractivity contribution in [1.29, 1.82) is 0 Å². The summed E-state index contributed by atoms with van der Waals surface area (Å²) in [6, 6.07) is 27.4. The maximum Gasteiger partial charge on any atom is 0.129 e. The summed E-state index contributed by atoms with van der Waals surface area (Å²) in [5.41, 5.74) is 6.18. The fourth-order valence-electron chi connectivity index (χ4n) is 3.17. The van der Waals surface area contributed by atoms with E-state index in [0.717, 1.165) is 12.8 Å². The van der Waals surface area contributed by atoms with Gasteiger partial charge in [0.05, 0.1) is 0 Å². The van der Waals surface area contributed by atoms with Gasteiger partial charge in [0.25, 0.3) is 0 Å². The van der Waals surface area contributed by atoms with Crippen LogP contribution in [0.4, 0.5) is 0 Å². The Morgan fingerprint density at radius 2 is 1.42 bits per heavy atom. The second-order valence-corrected chi connectivity index (χ2v) is 6.54. The minimum atomic E-state index is 0.258. The van der Waals surface area contributed by atoms with Crippen molar-refractivity contribution in [3.8, 4) is 11.1 Å². The normalized spacial score (nSPS) is 11.0. The number of carbonyl (C=O) groups excluding carboxylic acids is 1. The number of hydrogen-bond acceptors (Lipinski definition) is 1. The van der Waals surface area contributed by atoms with Crippen molar-refractivity contribution in [1.82, 2.24) is 0 Å². The molecule has 130 valence electrons. The molecule has 0 aliphatic rings. The quantitative estimate of drug-likeness (QED) is 0.453. The molecule has 0 atom stereocenters. The summed E-state index contributed by atoms with van der Waals surface area (Å²) in [5.74, 6) is 0.258. The highest BCUT2D eigenvalue weighted by atomic mass is 16.1. The smallest absolute Gasteiger partial charge is 0.129 e. The summed E-state index contributed by atoms with van der Waals surface area (Å²) in [6.45, 7) is 1.66. The van der Waals surface area contributed by atoms with Gasteiger partial charge in [-0.05, 0) is 47.6 Å². The molecule has 0 saturated heterocycles. The molecule has 26 heavy (non-hydrogen) atoms. The zero-order valence-electron chi connectivity index (χ0n) is 15.2. The Hall–Kier alpha value is -2.93. The molecule has 0 saturated carbocycles. The number of hydrogen-bond donors (Lipinski definition) is 0. The van der Waals surface area contributed by atoms with Crippen molar-refractivity contribution in [2.24, 2.45) is 0 Å². The van der Waals surface area contributed by atoms with E-state index in [1.54, 1.807) is 6.92 Å². The molecule has 0 unspecified atom stereocenters. The summed E-state index contributed by atoms with van der Waals surface area (Å²) in [7, 11) is 0. The van der Waals surface area contributed by atoms with E-state index in [1.165, 1.54) is 27.8 Å². The highest BCUT2D eigenvalue weighted by molar-refractivity contribution is 5.82. The molecule has 0 amide bonds. The van der Waals surface area contributed by atoms with E-state index >= 15 is 0 Å². The van der Waals surface area contributed by atoms with Crippen LogP contribution in [0.25, 0.3) is 23.3 Å². The average Bonchev–Trinajstić information content (AvgIpc) is 2.68. The van der Waals surface area contributed by atoms with Crippen LogP contribution in [0.5, 0.6) is 0 Å². The van der Waals surface area contributed by atoms with E-state index < -0.39 is 0 Å². The van der Waals surface area contributed by atoms with Gasteiger partial charge in [-0.25, -0.2) is 0 Å². The molecule has 0 radical (unpaired) electrons. The molecule has 3 rings (SSSR count). The zero-order chi connectivity index (χ0) is 18.2. The van der Waals surface area contributed by atoms with Gasteiger partial charge in [-0.3, -0.25) is 0 Å². The minimum absolute atomic E-state index is 0.258. The predicted molar refractivity (Wildman–Crippen MR) is 111 cm³/mol. The number of carbonyl (C=O) groups is 1. The first-order valence-electron chi connectivity index (χ1n) is 9.14. The Bertz CT molecular complexity index is 891. The lowest BCUT2D eigenvalue weighted by Crippen LogP contribution is -1.95. The SMILES string of the molecule is CC(=O)CCCc1ccccc1-c1ccccc1C=Cc1ccccc1. The van der Waals surface area contributed by atoms with Crippen LogP contribution in [0.15, 0.2) is 78.9 Å². The lowest BCUT2D eigenvalue weighted by atomic mass is 9.92. The highest BCUT2D eigenvalue weighted by Gasteiger charge is 2.08. The van der Waals surface area contributed by atoms with Gasteiger partial charge in [0.2, 0.25) is 0 Å². The Morgan fingerprint density at radius 3 is 2.19 bits per heavy atom. The van der Waals surface area contributed by atoms with Crippen molar-refractivity contribution in [3.05, 3.63) is 95.6 Å². The number of benzene rings is 3. The molecular weight excluding hydrogens is 316 g/mol. The standard InChI is InChI=1S/C25H24O/c1-20(26)10-9-15-22-13-5-7-16-24(22)25-17-8-6-14-23(25)19-18-21-11-3-2-4-12-21/h2-8,11-14,16-19H,9-10,15H2,1H3. The third kappa shape index (κ3) is 4.80. The van der Waals surface area contributed by atoms with Gasteiger partial charge < -0.3 is 4.79 Å². The number of rotatable bonds is 7. The monoisotopic (exact) mass is 340 g/mol.